The molecule has 0 unspecified atom stereocenters. The van der Waals surface area contributed by atoms with Crippen molar-refractivity contribution in [1.82, 2.24) is 4.57 Å². The van der Waals surface area contributed by atoms with Gasteiger partial charge in [0.15, 0.2) is 0 Å². The third-order valence-electron chi connectivity index (χ3n) is 3.59. The third kappa shape index (κ3) is 2.39. The normalized spacial score (nSPS) is 10.7. The molecule has 0 saturated carbocycles. The van der Waals surface area contributed by atoms with Crippen LogP contribution in [0.15, 0.2) is 48.7 Å². The molecule has 1 aromatic heterocycles. The Hall–Kier alpha value is -2.64. The Morgan fingerprint density at radius 1 is 1.14 bits per heavy atom. The molecule has 3 rings (SSSR count). The number of nitrogens with zero attached hydrogens (tertiary/aromatic N) is 2. The molecule has 0 aliphatic heterocycles. The zero-order valence-electron chi connectivity index (χ0n) is 11.3. The summed E-state index contributed by atoms with van der Waals surface area (Å²) < 4.78 is 15.8. The first kappa shape index (κ1) is 13.3. The number of hydrogen-bond acceptors (Lipinski definition) is 2. The Bertz CT molecular complexity index is 846. The van der Waals surface area contributed by atoms with Crippen molar-refractivity contribution >= 4 is 10.9 Å². The molecule has 1 N–H and O–H groups in total. The van der Waals surface area contributed by atoms with Crippen LogP contribution in [0.3, 0.4) is 0 Å². The van der Waals surface area contributed by atoms with Crippen molar-refractivity contribution < 1.29 is 9.50 Å². The summed E-state index contributed by atoms with van der Waals surface area (Å²) in [6, 6.07) is 13.9. The quantitative estimate of drug-likeness (QED) is 0.801. The predicted molar refractivity (Wildman–Crippen MR) is 78.1 cm³/mol. The molecule has 0 aliphatic rings. The fraction of sp³-hybridized carbons (Fsp3) is 0.118. The van der Waals surface area contributed by atoms with E-state index in [1.54, 1.807) is 6.07 Å². The maximum atomic E-state index is 13.9. The molecule has 0 atom stereocenters. The summed E-state index contributed by atoms with van der Waals surface area (Å²) in [7, 11) is 0. The van der Waals surface area contributed by atoms with E-state index in [4.69, 9.17) is 5.26 Å². The van der Waals surface area contributed by atoms with Crippen molar-refractivity contribution in [2.24, 2.45) is 0 Å². The molecule has 3 nitrogen and oxygen atoms in total. The van der Waals surface area contributed by atoms with Gasteiger partial charge in [0.1, 0.15) is 5.82 Å². The van der Waals surface area contributed by atoms with Gasteiger partial charge in [0.25, 0.3) is 0 Å². The number of halogens is 1. The van der Waals surface area contributed by atoms with E-state index in [9.17, 15) is 9.50 Å². The molecule has 0 spiro atoms. The summed E-state index contributed by atoms with van der Waals surface area (Å²) in [6.45, 7) is 0.319. The Morgan fingerprint density at radius 2 is 2.00 bits per heavy atom. The van der Waals surface area contributed by atoms with Gasteiger partial charge in [0.05, 0.1) is 24.8 Å². The second-order valence-electron chi connectivity index (χ2n) is 4.87. The number of nitriles is 1. The van der Waals surface area contributed by atoms with Crippen molar-refractivity contribution in [2.75, 3.05) is 0 Å². The fourth-order valence-electron chi connectivity index (χ4n) is 2.51. The highest BCUT2D eigenvalue weighted by atomic mass is 19.1. The van der Waals surface area contributed by atoms with Gasteiger partial charge in [-0.05, 0) is 35.9 Å². The van der Waals surface area contributed by atoms with Gasteiger partial charge < -0.3 is 9.67 Å². The molecule has 0 aliphatic carbocycles. The standard InChI is InChI=1S/C17H13FN2O/c18-16-5-4-12(9-19)8-14(16)10-20-7-6-15-13(11-21)2-1-3-17(15)20/h1-8,21H,10-11H2. The lowest BCUT2D eigenvalue weighted by atomic mass is 10.1. The maximum absolute atomic E-state index is 13.9. The van der Waals surface area contributed by atoms with Crippen LogP contribution in [-0.4, -0.2) is 9.67 Å². The van der Waals surface area contributed by atoms with E-state index in [2.05, 4.69) is 0 Å². The van der Waals surface area contributed by atoms with Crippen molar-refractivity contribution in [3.05, 3.63) is 71.2 Å². The number of aliphatic hydroxyl groups is 1. The lowest BCUT2D eigenvalue weighted by Crippen LogP contribution is -2.01. The number of rotatable bonds is 3. The van der Waals surface area contributed by atoms with E-state index in [1.165, 1.54) is 12.1 Å². The third-order valence-corrected chi connectivity index (χ3v) is 3.59. The van der Waals surface area contributed by atoms with Crippen LogP contribution in [0.1, 0.15) is 16.7 Å². The molecule has 0 amide bonds. The Balaban J connectivity index is 2.05. The Kier molecular flexibility index (Phi) is 3.43. The van der Waals surface area contributed by atoms with E-state index < -0.39 is 0 Å². The Labute approximate surface area is 121 Å². The van der Waals surface area contributed by atoms with Crippen LogP contribution in [0.4, 0.5) is 4.39 Å². The molecule has 2 aromatic carbocycles. The van der Waals surface area contributed by atoms with Gasteiger partial charge in [-0.25, -0.2) is 4.39 Å². The summed E-state index contributed by atoms with van der Waals surface area (Å²) >= 11 is 0. The van der Waals surface area contributed by atoms with Crippen LogP contribution in [0.25, 0.3) is 10.9 Å². The van der Waals surface area contributed by atoms with Gasteiger partial charge in [0.2, 0.25) is 0 Å². The SMILES string of the molecule is N#Cc1ccc(F)c(Cn2ccc3c(CO)cccc32)c1. The van der Waals surface area contributed by atoms with Crippen molar-refractivity contribution in [3.63, 3.8) is 0 Å². The molecule has 0 radical (unpaired) electrons. The first-order valence-corrected chi connectivity index (χ1v) is 6.59. The predicted octanol–water partition coefficient (Wildman–Crippen LogP) is 3.19. The molecule has 0 fully saturated rings. The average molecular weight is 280 g/mol. The molecular formula is C17H13FN2O. The highest BCUT2D eigenvalue weighted by molar-refractivity contribution is 5.83. The summed E-state index contributed by atoms with van der Waals surface area (Å²) in [6.07, 6.45) is 1.86. The molecular weight excluding hydrogens is 267 g/mol. The lowest BCUT2D eigenvalue weighted by Gasteiger charge is -2.08. The molecule has 0 bridgehead atoms. The van der Waals surface area contributed by atoms with Gasteiger partial charge >= 0.3 is 0 Å². The molecule has 3 aromatic rings. The second kappa shape index (κ2) is 5.39. The van der Waals surface area contributed by atoms with E-state index in [0.717, 1.165) is 16.5 Å². The van der Waals surface area contributed by atoms with Gasteiger partial charge in [-0.1, -0.05) is 12.1 Å². The lowest BCUT2D eigenvalue weighted by molar-refractivity contribution is 0.283. The molecule has 4 heteroatoms. The van der Waals surface area contributed by atoms with E-state index in [0.29, 0.717) is 17.7 Å². The number of aliphatic hydroxyl groups excluding tert-OH is 1. The van der Waals surface area contributed by atoms with Gasteiger partial charge in [-0.15, -0.1) is 0 Å². The summed E-state index contributed by atoms with van der Waals surface area (Å²) in [5.74, 6) is -0.325. The van der Waals surface area contributed by atoms with Crippen LogP contribution >= 0.6 is 0 Å². The number of hydrogen-bond donors (Lipinski definition) is 1. The zero-order chi connectivity index (χ0) is 14.8. The van der Waals surface area contributed by atoms with Crippen molar-refractivity contribution in [1.29, 1.82) is 5.26 Å². The number of benzene rings is 2. The first-order valence-electron chi connectivity index (χ1n) is 6.59. The summed E-state index contributed by atoms with van der Waals surface area (Å²) in [5.41, 5.74) is 2.70. The highest BCUT2D eigenvalue weighted by Gasteiger charge is 2.08. The zero-order valence-corrected chi connectivity index (χ0v) is 11.3. The molecule has 0 saturated heterocycles. The largest absolute Gasteiger partial charge is 0.392 e. The number of aromatic nitrogens is 1. The average Bonchev–Trinajstić information content (AvgIpc) is 2.92. The van der Waals surface area contributed by atoms with Crippen LogP contribution in [0.2, 0.25) is 0 Å². The van der Waals surface area contributed by atoms with Gasteiger partial charge in [-0.3, -0.25) is 0 Å². The van der Waals surface area contributed by atoms with Gasteiger partial charge in [0, 0.05) is 22.7 Å². The number of fused-ring (bicyclic) bond motifs is 1. The van der Waals surface area contributed by atoms with Crippen LogP contribution in [0, 0.1) is 17.1 Å². The summed E-state index contributed by atoms with van der Waals surface area (Å²) in [4.78, 5) is 0. The Morgan fingerprint density at radius 3 is 2.76 bits per heavy atom. The van der Waals surface area contributed by atoms with E-state index >= 15 is 0 Å². The van der Waals surface area contributed by atoms with Crippen molar-refractivity contribution in [3.8, 4) is 6.07 Å². The minimum absolute atomic E-state index is 0.0281. The first-order chi connectivity index (χ1) is 10.2. The van der Waals surface area contributed by atoms with E-state index in [-0.39, 0.29) is 12.4 Å². The molecule has 104 valence electrons. The minimum Gasteiger partial charge on any atom is -0.392 e. The van der Waals surface area contributed by atoms with E-state index in [1.807, 2.05) is 41.1 Å². The van der Waals surface area contributed by atoms with Crippen molar-refractivity contribution in [2.45, 2.75) is 13.2 Å². The smallest absolute Gasteiger partial charge is 0.128 e. The fourth-order valence-corrected chi connectivity index (χ4v) is 2.51. The summed E-state index contributed by atoms with van der Waals surface area (Å²) in [5, 5.41) is 19.2. The topological polar surface area (TPSA) is 49.0 Å². The minimum atomic E-state index is -0.325. The molecule has 21 heavy (non-hydrogen) atoms. The van der Waals surface area contributed by atoms with Crippen LogP contribution in [-0.2, 0) is 13.2 Å². The maximum Gasteiger partial charge on any atom is 0.128 e. The van der Waals surface area contributed by atoms with Crippen LogP contribution < -0.4 is 0 Å². The van der Waals surface area contributed by atoms with Gasteiger partial charge in [-0.2, -0.15) is 5.26 Å². The second-order valence-corrected chi connectivity index (χ2v) is 4.87. The van der Waals surface area contributed by atoms with Crippen LogP contribution in [0.5, 0.6) is 0 Å². The highest BCUT2D eigenvalue weighted by Crippen LogP contribution is 2.22. The monoisotopic (exact) mass is 280 g/mol. The molecule has 1 heterocycles.